The predicted octanol–water partition coefficient (Wildman–Crippen LogP) is 3.85. The first kappa shape index (κ1) is 14.4. The fourth-order valence-corrected chi connectivity index (χ4v) is 1.97. The van der Waals surface area contributed by atoms with Crippen LogP contribution in [0, 0.1) is 11.3 Å². The van der Waals surface area contributed by atoms with Crippen LogP contribution >= 0.6 is 23.2 Å². The Morgan fingerprint density at radius 3 is 2.75 bits per heavy atom. The maximum absolute atomic E-state index is 8.82. The molecule has 0 fully saturated rings. The van der Waals surface area contributed by atoms with Crippen LogP contribution in [0.2, 0.25) is 10.2 Å². The summed E-state index contributed by atoms with van der Waals surface area (Å²) in [7, 11) is 1.56. The molecule has 0 unspecified atom stereocenters. The quantitative estimate of drug-likeness (QED) is 0.805. The average Bonchev–Trinajstić information content (AvgIpc) is 2.45. The Kier molecular flexibility index (Phi) is 4.67. The molecule has 20 heavy (non-hydrogen) atoms. The Morgan fingerprint density at radius 1 is 1.25 bits per heavy atom. The third kappa shape index (κ3) is 3.53. The summed E-state index contributed by atoms with van der Waals surface area (Å²) in [5, 5.41) is 9.62. The number of nitriles is 1. The van der Waals surface area contributed by atoms with Gasteiger partial charge in [0, 0.05) is 22.7 Å². The highest BCUT2D eigenvalue weighted by molar-refractivity contribution is 6.30. The Morgan fingerprint density at radius 2 is 2.05 bits per heavy atom. The molecule has 0 aliphatic rings. The van der Waals surface area contributed by atoms with Gasteiger partial charge in [-0.15, -0.1) is 0 Å². The van der Waals surface area contributed by atoms with E-state index in [2.05, 4.69) is 4.98 Å². The van der Waals surface area contributed by atoms with E-state index in [0.29, 0.717) is 16.5 Å². The van der Waals surface area contributed by atoms with Crippen LogP contribution in [0.15, 0.2) is 30.3 Å². The lowest BCUT2D eigenvalue weighted by atomic mass is 10.2. The van der Waals surface area contributed by atoms with Gasteiger partial charge in [0.2, 0.25) is 0 Å². The summed E-state index contributed by atoms with van der Waals surface area (Å²) >= 11 is 11.7. The lowest BCUT2D eigenvalue weighted by Crippen LogP contribution is -1.99. The second-order valence-electron chi connectivity index (χ2n) is 3.87. The molecule has 0 atom stereocenters. The van der Waals surface area contributed by atoms with Gasteiger partial charge in [-0.25, -0.2) is 4.98 Å². The smallest absolute Gasteiger partial charge is 0.145 e. The van der Waals surface area contributed by atoms with E-state index >= 15 is 0 Å². The number of benzene rings is 1. The van der Waals surface area contributed by atoms with Crippen molar-refractivity contribution in [2.24, 2.45) is 0 Å². The van der Waals surface area contributed by atoms with Crippen LogP contribution in [-0.2, 0) is 6.61 Å². The summed E-state index contributed by atoms with van der Waals surface area (Å²) in [6, 6.07) is 10.3. The van der Waals surface area contributed by atoms with E-state index in [4.69, 9.17) is 37.9 Å². The first-order chi connectivity index (χ1) is 9.62. The molecule has 0 bridgehead atoms. The Hall–Kier alpha value is -1.96. The first-order valence-corrected chi connectivity index (χ1v) is 6.41. The van der Waals surface area contributed by atoms with E-state index in [1.165, 1.54) is 6.07 Å². The van der Waals surface area contributed by atoms with E-state index in [1.807, 2.05) is 12.1 Å². The molecular formula is C14H10Cl2N2O2. The van der Waals surface area contributed by atoms with Gasteiger partial charge in [-0.3, -0.25) is 0 Å². The van der Waals surface area contributed by atoms with Gasteiger partial charge in [-0.2, -0.15) is 5.26 Å². The van der Waals surface area contributed by atoms with Crippen LogP contribution in [0.25, 0.3) is 0 Å². The fourth-order valence-electron chi connectivity index (χ4n) is 1.61. The average molecular weight is 309 g/mol. The molecule has 1 heterocycles. The number of rotatable bonds is 4. The summed E-state index contributed by atoms with van der Waals surface area (Å²) in [5.41, 5.74) is 1.04. The summed E-state index contributed by atoms with van der Waals surface area (Å²) in [4.78, 5) is 3.83. The molecule has 0 aliphatic carbocycles. The monoisotopic (exact) mass is 308 g/mol. The highest BCUT2D eigenvalue weighted by Gasteiger charge is 2.06. The van der Waals surface area contributed by atoms with Gasteiger partial charge < -0.3 is 9.47 Å². The van der Waals surface area contributed by atoms with Crippen LogP contribution in [0.5, 0.6) is 11.5 Å². The largest absolute Gasteiger partial charge is 0.496 e. The van der Waals surface area contributed by atoms with Crippen molar-refractivity contribution in [3.05, 3.63) is 51.8 Å². The molecule has 0 radical (unpaired) electrons. The van der Waals surface area contributed by atoms with E-state index in [0.717, 1.165) is 5.56 Å². The van der Waals surface area contributed by atoms with Crippen molar-refractivity contribution in [1.29, 1.82) is 5.26 Å². The molecule has 2 aromatic rings. The standard InChI is InChI=1S/C14H10Cl2N2O2/c1-19-13-4-10(15)3-2-9(13)8-20-12-5-11(7-17)18-14(16)6-12/h2-6H,8H2,1H3. The lowest BCUT2D eigenvalue weighted by Gasteiger charge is -2.11. The fraction of sp³-hybridized carbons (Fsp3) is 0.143. The van der Waals surface area contributed by atoms with Crippen molar-refractivity contribution >= 4 is 23.2 Å². The molecule has 0 spiro atoms. The molecule has 0 aliphatic heterocycles. The van der Waals surface area contributed by atoms with Gasteiger partial charge in [0.1, 0.15) is 35.0 Å². The molecule has 4 nitrogen and oxygen atoms in total. The van der Waals surface area contributed by atoms with Gasteiger partial charge in [-0.1, -0.05) is 29.3 Å². The molecule has 1 aromatic carbocycles. The Balaban J connectivity index is 2.17. The number of methoxy groups -OCH3 is 1. The SMILES string of the molecule is COc1cc(Cl)ccc1COc1cc(Cl)nc(C#N)c1. The highest BCUT2D eigenvalue weighted by atomic mass is 35.5. The summed E-state index contributed by atoms with van der Waals surface area (Å²) in [6.45, 7) is 0.269. The molecular weight excluding hydrogens is 299 g/mol. The normalized spacial score (nSPS) is 9.90. The Bertz CT molecular complexity index is 669. The topological polar surface area (TPSA) is 55.1 Å². The van der Waals surface area contributed by atoms with Crippen LogP contribution in [0.4, 0.5) is 0 Å². The van der Waals surface area contributed by atoms with Crippen molar-refractivity contribution in [3.63, 3.8) is 0 Å². The molecule has 2 rings (SSSR count). The number of ether oxygens (including phenoxy) is 2. The zero-order chi connectivity index (χ0) is 14.5. The van der Waals surface area contributed by atoms with Crippen LogP contribution in [0.3, 0.4) is 0 Å². The molecule has 0 N–H and O–H groups in total. The predicted molar refractivity (Wildman–Crippen MR) is 76.3 cm³/mol. The molecule has 1 aromatic heterocycles. The minimum absolute atomic E-state index is 0.204. The number of halogens is 2. The van der Waals surface area contributed by atoms with Crippen molar-refractivity contribution in [1.82, 2.24) is 4.98 Å². The van der Waals surface area contributed by atoms with Crippen LogP contribution in [0.1, 0.15) is 11.3 Å². The minimum atomic E-state index is 0.204. The van der Waals surface area contributed by atoms with E-state index < -0.39 is 0 Å². The third-order valence-electron chi connectivity index (χ3n) is 2.53. The van der Waals surface area contributed by atoms with E-state index in [-0.39, 0.29) is 17.5 Å². The molecule has 0 saturated carbocycles. The van der Waals surface area contributed by atoms with Gasteiger partial charge in [0.15, 0.2) is 0 Å². The number of nitrogens with zero attached hydrogens (tertiary/aromatic N) is 2. The van der Waals surface area contributed by atoms with Gasteiger partial charge >= 0.3 is 0 Å². The summed E-state index contributed by atoms with van der Waals surface area (Å²) < 4.78 is 10.8. The zero-order valence-electron chi connectivity index (χ0n) is 10.6. The number of hydrogen-bond acceptors (Lipinski definition) is 4. The van der Waals surface area contributed by atoms with Crippen molar-refractivity contribution < 1.29 is 9.47 Å². The molecule has 102 valence electrons. The van der Waals surface area contributed by atoms with Crippen LogP contribution in [-0.4, -0.2) is 12.1 Å². The number of pyridine rings is 1. The van der Waals surface area contributed by atoms with Crippen molar-refractivity contribution in [2.45, 2.75) is 6.61 Å². The summed E-state index contributed by atoms with van der Waals surface area (Å²) in [5.74, 6) is 1.11. The number of hydrogen-bond donors (Lipinski definition) is 0. The maximum Gasteiger partial charge on any atom is 0.145 e. The van der Waals surface area contributed by atoms with Crippen LogP contribution < -0.4 is 9.47 Å². The minimum Gasteiger partial charge on any atom is -0.496 e. The first-order valence-electron chi connectivity index (χ1n) is 5.65. The molecule has 0 saturated heterocycles. The zero-order valence-corrected chi connectivity index (χ0v) is 12.1. The second kappa shape index (κ2) is 6.47. The van der Waals surface area contributed by atoms with E-state index in [9.17, 15) is 0 Å². The maximum atomic E-state index is 8.82. The summed E-state index contributed by atoms with van der Waals surface area (Å²) in [6.07, 6.45) is 0. The number of aromatic nitrogens is 1. The van der Waals surface area contributed by atoms with Gasteiger partial charge in [0.05, 0.1) is 7.11 Å². The lowest BCUT2D eigenvalue weighted by molar-refractivity contribution is 0.296. The highest BCUT2D eigenvalue weighted by Crippen LogP contribution is 2.25. The molecule has 6 heteroatoms. The van der Waals surface area contributed by atoms with E-state index in [1.54, 1.807) is 25.3 Å². The Labute approximate surface area is 126 Å². The van der Waals surface area contributed by atoms with Gasteiger partial charge in [-0.05, 0) is 12.1 Å². The van der Waals surface area contributed by atoms with Gasteiger partial charge in [0.25, 0.3) is 0 Å². The van der Waals surface area contributed by atoms with Crippen molar-refractivity contribution in [3.8, 4) is 17.6 Å². The molecule has 0 amide bonds. The third-order valence-corrected chi connectivity index (χ3v) is 2.95. The van der Waals surface area contributed by atoms with Crippen molar-refractivity contribution in [2.75, 3.05) is 7.11 Å². The second-order valence-corrected chi connectivity index (χ2v) is 4.69.